The Bertz CT molecular complexity index is 1240. The van der Waals surface area contributed by atoms with Crippen LogP contribution in [0.25, 0.3) is 10.2 Å². The SMILES string of the molecule is C=CCOC(=O)c1sc(NC(=O)c2cc3sccc3n2CCc2ccccc2)nc1C. The zero-order valence-corrected chi connectivity index (χ0v) is 18.6. The number of thiophene rings is 1. The van der Waals surface area contributed by atoms with Crippen molar-refractivity contribution in [1.82, 2.24) is 9.55 Å². The van der Waals surface area contributed by atoms with Crippen LogP contribution in [0.3, 0.4) is 0 Å². The van der Waals surface area contributed by atoms with E-state index < -0.39 is 5.97 Å². The van der Waals surface area contributed by atoms with E-state index in [1.165, 1.54) is 11.6 Å². The molecule has 1 aromatic carbocycles. The van der Waals surface area contributed by atoms with Gasteiger partial charge in [-0.2, -0.15) is 0 Å². The number of hydrogen-bond acceptors (Lipinski definition) is 6. The first kappa shape index (κ1) is 21.0. The number of benzene rings is 1. The lowest BCUT2D eigenvalue weighted by molar-refractivity contribution is 0.0554. The highest BCUT2D eigenvalue weighted by molar-refractivity contribution is 7.18. The summed E-state index contributed by atoms with van der Waals surface area (Å²) >= 11 is 2.71. The maximum absolute atomic E-state index is 13.1. The number of nitrogens with zero attached hydrogens (tertiary/aromatic N) is 2. The molecule has 8 heteroatoms. The predicted octanol–water partition coefficient (Wildman–Crippen LogP) is 5.31. The van der Waals surface area contributed by atoms with Crippen LogP contribution in [0.1, 0.15) is 31.4 Å². The summed E-state index contributed by atoms with van der Waals surface area (Å²) in [5.41, 5.74) is 3.34. The van der Waals surface area contributed by atoms with E-state index in [0.717, 1.165) is 28.0 Å². The summed E-state index contributed by atoms with van der Waals surface area (Å²) in [6.45, 7) is 6.06. The van der Waals surface area contributed by atoms with Gasteiger partial charge in [0.25, 0.3) is 5.91 Å². The van der Waals surface area contributed by atoms with Gasteiger partial charge in [-0.3, -0.25) is 10.1 Å². The van der Waals surface area contributed by atoms with Gasteiger partial charge in [0.2, 0.25) is 0 Å². The van der Waals surface area contributed by atoms with E-state index in [2.05, 4.69) is 29.0 Å². The van der Waals surface area contributed by atoms with Gasteiger partial charge in [0.1, 0.15) is 17.2 Å². The highest BCUT2D eigenvalue weighted by Crippen LogP contribution is 2.28. The second-order valence-electron chi connectivity index (χ2n) is 6.86. The summed E-state index contributed by atoms with van der Waals surface area (Å²) in [5, 5.41) is 5.24. The Morgan fingerprint density at radius 2 is 2.06 bits per heavy atom. The molecule has 3 heterocycles. The fourth-order valence-electron chi connectivity index (χ4n) is 3.29. The molecule has 0 aliphatic heterocycles. The first-order valence-corrected chi connectivity index (χ1v) is 11.4. The molecule has 1 N–H and O–H groups in total. The van der Waals surface area contributed by atoms with Crippen molar-refractivity contribution in [2.45, 2.75) is 19.9 Å². The number of ether oxygens (including phenoxy) is 1. The maximum Gasteiger partial charge on any atom is 0.350 e. The fourth-order valence-corrected chi connectivity index (χ4v) is 4.97. The lowest BCUT2D eigenvalue weighted by atomic mass is 10.1. The van der Waals surface area contributed by atoms with Crippen molar-refractivity contribution >= 4 is 49.9 Å². The normalized spacial score (nSPS) is 10.9. The maximum atomic E-state index is 13.1. The van der Waals surface area contributed by atoms with Gasteiger partial charge >= 0.3 is 5.97 Å². The summed E-state index contributed by atoms with van der Waals surface area (Å²) in [5.74, 6) is -0.724. The summed E-state index contributed by atoms with van der Waals surface area (Å²) in [6, 6.07) is 14.1. The van der Waals surface area contributed by atoms with Gasteiger partial charge in [-0.1, -0.05) is 54.3 Å². The molecule has 0 aliphatic carbocycles. The summed E-state index contributed by atoms with van der Waals surface area (Å²) in [7, 11) is 0. The quantitative estimate of drug-likeness (QED) is 0.291. The molecule has 0 unspecified atom stereocenters. The molecule has 0 atom stereocenters. The van der Waals surface area contributed by atoms with Gasteiger partial charge in [-0.15, -0.1) is 11.3 Å². The van der Waals surface area contributed by atoms with Crippen LogP contribution in [0, 0.1) is 6.92 Å². The van der Waals surface area contributed by atoms with Gasteiger partial charge in [-0.05, 0) is 36.4 Å². The van der Waals surface area contributed by atoms with Crippen LogP contribution < -0.4 is 5.32 Å². The summed E-state index contributed by atoms with van der Waals surface area (Å²) in [6.07, 6.45) is 2.32. The number of fused-ring (bicyclic) bond motifs is 1. The van der Waals surface area contributed by atoms with Gasteiger partial charge in [0.05, 0.1) is 15.9 Å². The molecule has 4 rings (SSSR count). The third kappa shape index (κ3) is 4.60. The standard InChI is InChI=1S/C23H21N3O3S2/c1-3-12-29-22(28)20-15(2)24-23(31-20)25-21(27)18-14-19-17(10-13-30-19)26(18)11-9-16-7-5-4-6-8-16/h3-8,10,13-14H,1,9,11-12H2,2H3,(H,24,25,27). The summed E-state index contributed by atoms with van der Waals surface area (Å²) in [4.78, 5) is 29.9. The molecule has 1 amide bonds. The molecule has 31 heavy (non-hydrogen) atoms. The molecule has 0 radical (unpaired) electrons. The smallest absolute Gasteiger partial charge is 0.350 e. The molecule has 0 aliphatic rings. The topological polar surface area (TPSA) is 73.2 Å². The number of carbonyl (C=O) groups excluding carboxylic acids is 2. The molecule has 0 fully saturated rings. The van der Waals surface area contributed by atoms with E-state index in [9.17, 15) is 9.59 Å². The minimum atomic E-state index is -0.470. The van der Waals surface area contributed by atoms with Crippen molar-refractivity contribution in [2.24, 2.45) is 0 Å². The van der Waals surface area contributed by atoms with Crippen molar-refractivity contribution < 1.29 is 14.3 Å². The van der Waals surface area contributed by atoms with Crippen molar-refractivity contribution in [1.29, 1.82) is 0 Å². The molecule has 3 aromatic heterocycles. The van der Waals surface area contributed by atoms with Crippen LogP contribution in [0.4, 0.5) is 5.13 Å². The van der Waals surface area contributed by atoms with Gasteiger partial charge in [0, 0.05) is 6.54 Å². The second kappa shape index (κ2) is 9.28. The number of aromatic nitrogens is 2. The van der Waals surface area contributed by atoms with E-state index in [1.807, 2.05) is 40.3 Å². The van der Waals surface area contributed by atoms with Crippen molar-refractivity contribution in [3.63, 3.8) is 0 Å². The third-order valence-electron chi connectivity index (χ3n) is 4.76. The Morgan fingerprint density at radius 3 is 2.84 bits per heavy atom. The number of carbonyl (C=O) groups is 2. The van der Waals surface area contributed by atoms with E-state index >= 15 is 0 Å². The number of amides is 1. The number of anilines is 1. The Balaban J connectivity index is 1.55. The Kier molecular flexibility index (Phi) is 6.29. The van der Waals surface area contributed by atoms with Crippen LogP contribution in [-0.2, 0) is 17.7 Å². The lowest BCUT2D eigenvalue weighted by Gasteiger charge is -2.10. The number of thiazole rings is 1. The minimum Gasteiger partial charge on any atom is -0.457 e. The van der Waals surface area contributed by atoms with E-state index in [0.29, 0.717) is 27.9 Å². The number of nitrogens with one attached hydrogen (secondary N) is 1. The largest absolute Gasteiger partial charge is 0.457 e. The van der Waals surface area contributed by atoms with Crippen molar-refractivity contribution in [3.05, 3.63) is 82.3 Å². The predicted molar refractivity (Wildman–Crippen MR) is 125 cm³/mol. The van der Waals surface area contributed by atoms with Crippen molar-refractivity contribution in [2.75, 3.05) is 11.9 Å². The summed E-state index contributed by atoms with van der Waals surface area (Å²) < 4.78 is 8.17. The average Bonchev–Trinajstić information content (AvgIpc) is 3.46. The number of esters is 1. The monoisotopic (exact) mass is 451 g/mol. The third-order valence-corrected chi connectivity index (χ3v) is 6.66. The van der Waals surface area contributed by atoms with Gasteiger partial charge < -0.3 is 9.30 Å². The minimum absolute atomic E-state index is 0.129. The van der Waals surface area contributed by atoms with Crippen LogP contribution in [0.15, 0.2) is 60.5 Å². The molecule has 0 bridgehead atoms. The molecular formula is C23H21N3O3S2. The van der Waals surface area contributed by atoms with Crippen molar-refractivity contribution in [3.8, 4) is 0 Å². The zero-order chi connectivity index (χ0) is 21.8. The molecule has 158 valence electrons. The van der Waals surface area contributed by atoms with Gasteiger partial charge in [0.15, 0.2) is 5.13 Å². The van der Waals surface area contributed by atoms with E-state index in [4.69, 9.17) is 4.74 Å². The number of hydrogen-bond donors (Lipinski definition) is 1. The first-order chi connectivity index (χ1) is 15.1. The molecule has 0 spiro atoms. The Labute approximate surface area is 187 Å². The zero-order valence-electron chi connectivity index (χ0n) is 17.0. The lowest BCUT2D eigenvalue weighted by Crippen LogP contribution is -2.17. The molecule has 0 saturated heterocycles. The highest BCUT2D eigenvalue weighted by atomic mass is 32.1. The highest BCUT2D eigenvalue weighted by Gasteiger charge is 2.21. The molecular weight excluding hydrogens is 430 g/mol. The molecule has 4 aromatic rings. The Hall–Kier alpha value is -3.23. The van der Waals surface area contributed by atoms with Gasteiger partial charge in [-0.25, -0.2) is 9.78 Å². The first-order valence-electron chi connectivity index (χ1n) is 9.74. The Morgan fingerprint density at radius 1 is 1.26 bits per heavy atom. The number of aryl methyl sites for hydroxylation is 3. The van der Waals surface area contributed by atoms with Crippen LogP contribution >= 0.6 is 22.7 Å². The second-order valence-corrected chi connectivity index (χ2v) is 8.81. The average molecular weight is 452 g/mol. The van der Waals surface area contributed by atoms with Crippen LogP contribution in [0.5, 0.6) is 0 Å². The number of rotatable bonds is 8. The molecule has 0 saturated carbocycles. The van der Waals surface area contributed by atoms with E-state index in [1.54, 1.807) is 18.3 Å². The van der Waals surface area contributed by atoms with Crippen LogP contribution in [0.2, 0.25) is 0 Å². The van der Waals surface area contributed by atoms with E-state index in [-0.39, 0.29) is 12.5 Å². The van der Waals surface area contributed by atoms with Crippen LogP contribution in [-0.4, -0.2) is 28.0 Å². The fraction of sp³-hybridized carbons (Fsp3) is 0.174. The molecule has 6 nitrogen and oxygen atoms in total.